The normalized spacial score (nSPS) is 23.1. The third-order valence-electron chi connectivity index (χ3n) is 5.07. The van der Waals surface area contributed by atoms with Crippen molar-refractivity contribution in [2.45, 2.75) is 12.1 Å². The van der Waals surface area contributed by atoms with E-state index in [-0.39, 0.29) is 5.11 Å². The number of nitrogens with one attached hydrogen (secondary N) is 4. The summed E-state index contributed by atoms with van der Waals surface area (Å²) < 4.78 is 26.9. The van der Waals surface area contributed by atoms with E-state index in [1.807, 2.05) is 0 Å². The van der Waals surface area contributed by atoms with Gasteiger partial charge in [-0.25, -0.2) is 13.6 Å². The number of rotatable bonds is 2. The van der Waals surface area contributed by atoms with Gasteiger partial charge in [0.25, 0.3) is 0 Å². The number of carbonyl (C=O) groups excluding carboxylic acids is 3. The van der Waals surface area contributed by atoms with Crippen molar-refractivity contribution in [1.82, 2.24) is 21.3 Å². The number of benzene rings is 2. The number of carbonyl (C=O) groups is 3. The predicted molar refractivity (Wildman–Crippen MR) is 101 cm³/mol. The third kappa shape index (κ3) is 3.01. The molecule has 2 aliphatic rings. The van der Waals surface area contributed by atoms with E-state index < -0.39 is 47.0 Å². The monoisotopic (exact) mass is 416 g/mol. The average Bonchev–Trinajstić information content (AvgIpc) is 2.67. The van der Waals surface area contributed by atoms with Crippen LogP contribution in [0.3, 0.4) is 0 Å². The van der Waals surface area contributed by atoms with Gasteiger partial charge >= 0.3 is 6.03 Å². The van der Waals surface area contributed by atoms with Gasteiger partial charge in [0, 0.05) is 0 Å². The largest absolute Gasteiger partial charge is 0.330 e. The van der Waals surface area contributed by atoms with Gasteiger partial charge in [0.15, 0.2) is 10.5 Å². The first-order valence-corrected chi connectivity index (χ1v) is 8.98. The predicted octanol–water partition coefficient (Wildman–Crippen LogP) is 1.58. The smallest absolute Gasteiger partial charge is 0.315 e. The molecule has 2 fully saturated rings. The number of urea groups is 1. The maximum absolute atomic E-state index is 13.4. The molecule has 4 amide bonds. The lowest BCUT2D eigenvalue weighted by Gasteiger charge is -2.49. The lowest BCUT2D eigenvalue weighted by molar-refractivity contribution is -0.149. The average molecular weight is 416 g/mol. The summed E-state index contributed by atoms with van der Waals surface area (Å²) in [6, 6.07) is 7.22. The number of hydrogen-bond donors (Lipinski definition) is 4. The summed E-state index contributed by atoms with van der Waals surface area (Å²) in [7, 11) is 0. The van der Waals surface area contributed by atoms with Gasteiger partial charge in [-0.1, -0.05) is 24.3 Å². The van der Waals surface area contributed by atoms with Crippen molar-refractivity contribution in [2.24, 2.45) is 5.41 Å². The van der Waals surface area contributed by atoms with Crippen LogP contribution in [0.5, 0.6) is 0 Å². The summed E-state index contributed by atoms with van der Waals surface area (Å²) in [6.07, 6.45) is 0. The number of thiocarbonyl (C=S) groups is 1. The second-order valence-electron chi connectivity index (χ2n) is 6.69. The second-order valence-corrected chi connectivity index (χ2v) is 7.10. The molecule has 0 radical (unpaired) electrons. The summed E-state index contributed by atoms with van der Waals surface area (Å²) in [5.41, 5.74) is -1.23. The van der Waals surface area contributed by atoms with Gasteiger partial charge in [0.05, 0.1) is 12.1 Å². The van der Waals surface area contributed by atoms with E-state index in [1.54, 1.807) is 0 Å². The molecule has 2 atom stereocenters. The molecule has 4 rings (SSSR count). The van der Waals surface area contributed by atoms with Crippen molar-refractivity contribution in [3.63, 3.8) is 0 Å². The minimum atomic E-state index is -1.91. The summed E-state index contributed by atoms with van der Waals surface area (Å²) in [5, 5.41) is 9.86. The molecule has 10 heteroatoms. The molecule has 0 aliphatic carbocycles. The van der Waals surface area contributed by atoms with E-state index in [9.17, 15) is 23.2 Å². The topological polar surface area (TPSA) is 99.3 Å². The highest BCUT2D eigenvalue weighted by atomic mass is 32.1. The Labute approximate surface area is 168 Å². The molecular formula is C19H14F2N4O3S. The van der Waals surface area contributed by atoms with E-state index in [0.717, 1.165) is 24.3 Å². The van der Waals surface area contributed by atoms with Crippen LogP contribution in [-0.2, 0) is 9.59 Å². The Morgan fingerprint density at radius 1 is 0.724 bits per heavy atom. The number of halogens is 2. The molecule has 4 N–H and O–H groups in total. The SMILES string of the molecule is O=C1N[C@@H](c2ccc(F)cc2)C2(C(=O)NC(=S)NC2=O)[C@H](c2ccc(F)cc2)N1. The van der Waals surface area contributed by atoms with Crippen molar-refractivity contribution in [3.8, 4) is 0 Å². The van der Waals surface area contributed by atoms with Crippen molar-refractivity contribution in [2.75, 3.05) is 0 Å². The van der Waals surface area contributed by atoms with Crippen LogP contribution in [0.2, 0.25) is 0 Å². The molecule has 0 bridgehead atoms. The molecular weight excluding hydrogens is 402 g/mol. The van der Waals surface area contributed by atoms with E-state index in [2.05, 4.69) is 21.3 Å². The zero-order chi connectivity index (χ0) is 20.8. The minimum Gasteiger partial charge on any atom is -0.330 e. The van der Waals surface area contributed by atoms with Crippen LogP contribution in [0.1, 0.15) is 23.2 Å². The maximum atomic E-state index is 13.4. The molecule has 148 valence electrons. The Hall–Kier alpha value is -3.40. The third-order valence-corrected chi connectivity index (χ3v) is 5.28. The highest BCUT2D eigenvalue weighted by Crippen LogP contribution is 2.48. The highest BCUT2D eigenvalue weighted by Gasteiger charge is 2.63. The van der Waals surface area contributed by atoms with E-state index in [4.69, 9.17) is 12.2 Å². The van der Waals surface area contributed by atoms with Gasteiger partial charge < -0.3 is 21.3 Å². The molecule has 0 saturated carbocycles. The van der Waals surface area contributed by atoms with E-state index >= 15 is 0 Å². The van der Waals surface area contributed by atoms with Gasteiger partial charge in [-0.15, -0.1) is 0 Å². The first kappa shape index (κ1) is 18.9. The van der Waals surface area contributed by atoms with Crippen molar-refractivity contribution < 1.29 is 23.2 Å². The second kappa shape index (κ2) is 6.89. The molecule has 0 unspecified atom stereocenters. The van der Waals surface area contributed by atoms with Gasteiger partial charge in [0.2, 0.25) is 11.8 Å². The van der Waals surface area contributed by atoms with Crippen LogP contribution in [0.15, 0.2) is 48.5 Å². The zero-order valence-electron chi connectivity index (χ0n) is 14.7. The molecule has 2 heterocycles. The van der Waals surface area contributed by atoms with Gasteiger partial charge in [0.1, 0.15) is 11.6 Å². The van der Waals surface area contributed by atoms with Crippen LogP contribution in [-0.4, -0.2) is 23.0 Å². The Morgan fingerprint density at radius 2 is 1.10 bits per heavy atom. The van der Waals surface area contributed by atoms with Crippen LogP contribution in [0.4, 0.5) is 13.6 Å². The summed E-state index contributed by atoms with van der Waals surface area (Å²) in [6.45, 7) is 0. The first-order valence-electron chi connectivity index (χ1n) is 8.57. The standard InChI is InChI=1S/C19H14F2N4O3S/c20-11-5-1-9(2-6-11)13-19(15(26)24-18(29)25-16(19)27)14(23-17(28)22-13)10-3-7-12(21)8-4-10/h1-8,13-14H,(H2,22,23,28)(H2,24,25,26,27,29)/t13-,14-/m0/s1. The van der Waals surface area contributed by atoms with Crippen molar-refractivity contribution >= 4 is 35.2 Å². The summed E-state index contributed by atoms with van der Waals surface area (Å²) in [4.78, 5) is 38.8. The summed E-state index contributed by atoms with van der Waals surface area (Å²) >= 11 is 4.91. The molecule has 1 spiro atoms. The zero-order valence-corrected chi connectivity index (χ0v) is 15.5. The van der Waals surface area contributed by atoms with Crippen molar-refractivity contribution in [1.29, 1.82) is 0 Å². The Balaban J connectivity index is 1.93. The molecule has 29 heavy (non-hydrogen) atoms. The molecule has 2 aromatic rings. The van der Waals surface area contributed by atoms with E-state index in [1.165, 1.54) is 24.3 Å². The molecule has 7 nitrogen and oxygen atoms in total. The Kier molecular flexibility index (Phi) is 4.50. The maximum Gasteiger partial charge on any atom is 0.315 e. The van der Waals surface area contributed by atoms with E-state index in [0.29, 0.717) is 11.1 Å². The fraction of sp³-hybridized carbons (Fsp3) is 0.158. The van der Waals surface area contributed by atoms with Gasteiger partial charge in [-0.2, -0.15) is 0 Å². The van der Waals surface area contributed by atoms with Crippen LogP contribution in [0.25, 0.3) is 0 Å². The fourth-order valence-electron chi connectivity index (χ4n) is 3.77. The van der Waals surface area contributed by atoms with Crippen LogP contribution < -0.4 is 21.3 Å². The van der Waals surface area contributed by atoms with Crippen LogP contribution in [0, 0.1) is 17.0 Å². The lowest BCUT2D eigenvalue weighted by Crippen LogP contribution is -2.73. The van der Waals surface area contributed by atoms with Gasteiger partial charge in [-0.05, 0) is 47.6 Å². The number of amides is 4. The van der Waals surface area contributed by atoms with Crippen molar-refractivity contribution in [3.05, 3.63) is 71.3 Å². The van der Waals surface area contributed by atoms with Crippen LogP contribution >= 0.6 is 12.2 Å². The quantitative estimate of drug-likeness (QED) is 0.441. The highest BCUT2D eigenvalue weighted by molar-refractivity contribution is 7.80. The lowest BCUT2D eigenvalue weighted by atomic mass is 9.65. The first-order chi connectivity index (χ1) is 13.8. The molecule has 0 aromatic heterocycles. The minimum absolute atomic E-state index is 0.168. The Bertz CT molecular complexity index is 947. The molecule has 2 saturated heterocycles. The fourth-order valence-corrected chi connectivity index (χ4v) is 3.96. The molecule has 2 aliphatic heterocycles. The van der Waals surface area contributed by atoms with Gasteiger partial charge in [-0.3, -0.25) is 9.59 Å². The number of hydrogen-bond acceptors (Lipinski definition) is 4. The summed E-state index contributed by atoms with van der Waals surface area (Å²) in [5.74, 6) is -2.53. The molecule has 2 aromatic carbocycles. The Morgan fingerprint density at radius 3 is 1.48 bits per heavy atom.